The van der Waals surface area contributed by atoms with Crippen molar-refractivity contribution in [3.63, 3.8) is 0 Å². The molecular weight excluding hydrogens is 238 g/mol. The molecule has 1 fully saturated rings. The second kappa shape index (κ2) is 5.24. The Morgan fingerprint density at radius 2 is 1.63 bits per heavy atom. The highest BCUT2D eigenvalue weighted by Crippen LogP contribution is 2.21. The fourth-order valence-electron chi connectivity index (χ4n) is 2.03. The highest BCUT2D eigenvalue weighted by molar-refractivity contribution is 6.06. The van der Waals surface area contributed by atoms with E-state index in [-0.39, 0.29) is 12.0 Å². The molecule has 0 saturated carbocycles. The fraction of sp³-hybridized carbons (Fsp3) is 0.188. The third-order valence-electron chi connectivity index (χ3n) is 3.12. The molecule has 3 nitrogen and oxygen atoms in total. The van der Waals surface area contributed by atoms with Gasteiger partial charge in [-0.05, 0) is 24.3 Å². The molecule has 2 aromatic rings. The standard InChI is InChI=1S/C16H15NO2/c18-16(13-7-3-1-4-8-13)17(11-15-12-19-15)14-9-5-2-6-10-14/h1-10,15H,11-12H2. The van der Waals surface area contributed by atoms with Crippen LogP contribution in [0.1, 0.15) is 10.4 Å². The van der Waals surface area contributed by atoms with Crippen molar-refractivity contribution >= 4 is 11.6 Å². The van der Waals surface area contributed by atoms with Crippen LogP contribution in [0.25, 0.3) is 0 Å². The van der Waals surface area contributed by atoms with Crippen molar-refractivity contribution in [2.75, 3.05) is 18.1 Å². The number of rotatable bonds is 4. The number of benzene rings is 2. The van der Waals surface area contributed by atoms with E-state index >= 15 is 0 Å². The largest absolute Gasteiger partial charge is 0.371 e. The van der Waals surface area contributed by atoms with Crippen LogP contribution in [0, 0.1) is 0 Å². The first-order valence-electron chi connectivity index (χ1n) is 6.38. The van der Waals surface area contributed by atoms with Gasteiger partial charge in [-0.25, -0.2) is 0 Å². The molecule has 0 aliphatic carbocycles. The summed E-state index contributed by atoms with van der Waals surface area (Å²) in [6.45, 7) is 1.35. The first-order chi connectivity index (χ1) is 9.34. The zero-order valence-corrected chi connectivity index (χ0v) is 10.5. The van der Waals surface area contributed by atoms with Crippen molar-refractivity contribution in [1.29, 1.82) is 0 Å². The zero-order chi connectivity index (χ0) is 13.1. The van der Waals surface area contributed by atoms with Gasteiger partial charge >= 0.3 is 0 Å². The predicted molar refractivity (Wildman–Crippen MR) is 74.3 cm³/mol. The molecule has 3 rings (SSSR count). The van der Waals surface area contributed by atoms with E-state index in [9.17, 15) is 4.79 Å². The number of hydrogen-bond acceptors (Lipinski definition) is 2. The van der Waals surface area contributed by atoms with Gasteiger partial charge in [-0.3, -0.25) is 4.79 Å². The lowest BCUT2D eigenvalue weighted by atomic mass is 10.1. The summed E-state index contributed by atoms with van der Waals surface area (Å²) < 4.78 is 5.25. The van der Waals surface area contributed by atoms with Gasteiger partial charge in [-0.2, -0.15) is 0 Å². The first kappa shape index (κ1) is 11.9. The lowest BCUT2D eigenvalue weighted by molar-refractivity contribution is 0.0984. The summed E-state index contributed by atoms with van der Waals surface area (Å²) in [5, 5.41) is 0. The molecule has 2 aromatic carbocycles. The number of amides is 1. The lowest BCUT2D eigenvalue weighted by Crippen LogP contribution is -2.34. The first-order valence-corrected chi connectivity index (χ1v) is 6.38. The van der Waals surface area contributed by atoms with Crippen LogP contribution >= 0.6 is 0 Å². The monoisotopic (exact) mass is 253 g/mol. The Balaban J connectivity index is 1.88. The molecule has 3 heteroatoms. The Bertz CT molecular complexity index is 549. The lowest BCUT2D eigenvalue weighted by Gasteiger charge is -2.22. The van der Waals surface area contributed by atoms with Gasteiger partial charge in [0, 0.05) is 11.3 Å². The van der Waals surface area contributed by atoms with Crippen LogP contribution < -0.4 is 4.90 Å². The maximum Gasteiger partial charge on any atom is 0.258 e. The quantitative estimate of drug-likeness (QED) is 0.785. The van der Waals surface area contributed by atoms with Gasteiger partial charge in [-0.15, -0.1) is 0 Å². The highest BCUT2D eigenvalue weighted by Gasteiger charge is 2.29. The molecular formula is C16H15NO2. The van der Waals surface area contributed by atoms with Gasteiger partial charge in [-0.1, -0.05) is 36.4 Å². The Morgan fingerprint density at radius 3 is 2.21 bits per heavy atom. The van der Waals surface area contributed by atoms with E-state index in [1.165, 1.54) is 0 Å². The smallest absolute Gasteiger partial charge is 0.258 e. The molecule has 1 atom stereocenters. The predicted octanol–water partition coefficient (Wildman–Crippen LogP) is 2.73. The summed E-state index contributed by atoms with van der Waals surface area (Å²) in [6, 6.07) is 19.1. The maximum atomic E-state index is 12.6. The van der Waals surface area contributed by atoms with E-state index in [4.69, 9.17) is 4.74 Å². The number of ether oxygens (including phenoxy) is 1. The number of nitrogens with zero attached hydrogens (tertiary/aromatic N) is 1. The van der Waals surface area contributed by atoms with Crippen LogP contribution in [0.5, 0.6) is 0 Å². The topological polar surface area (TPSA) is 32.8 Å². The Hall–Kier alpha value is -2.13. The summed E-state index contributed by atoms with van der Waals surface area (Å²) in [5.41, 5.74) is 1.61. The Morgan fingerprint density at radius 1 is 1.05 bits per heavy atom. The average Bonchev–Trinajstić information content (AvgIpc) is 3.30. The van der Waals surface area contributed by atoms with Crippen LogP contribution in [0.3, 0.4) is 0 Å². The van der Waals surface area contributed by atoms with Gasteiger partial charge in [0.15, 0.2) is 0 Å². The van der Waals surface area contributed by atoms with E-state index in [1.807, 2.05) is 60.7 Å². The third-order valence-corrected chi connectivity index (χ3v) is 3.12. The minimum atomic E-state index is 0.0160. The zero-order valence-electron chi connectivity index (χ0n) is 10.5. The van der Waals surface area contributed by atoms with Crippen molar-refractivity contribution in [2.24, 2.45) is 0 Å². The molecule has 96 valence electrons. The van der Waals surface area contributed by atoms with Gasteiger partial charge in [0.05, 0.1) is 19.3 Å². The third kappa shape index (κ3) is 2.83. The summed E-state index contributed by atoms with van der Waals surface area (Å²) >= 11 is 0. The van der Waals surface area contributed by atoms with E-state index in [1.54, 1.807) is 4.90 Å². The maximum absolute atomic E-state index is 12.6. The summed E-state index contributed by atoms with van der Waals surface area (Å²) in [4.78, 5) is 14.4. The van der Waals surface area contributed by atoms with Crippen LogP contribution in [0.15, 0.2) is 60.7 Å². The molecule has 0 aromatic heterocycles. The number of hydrogen-bond donors (Lipinski definition) is 0. The molecule has 1 amide bonds. The van der Waals surface area contributed by atoms with E-state index in [0.29, 0.717) is 12.1 Å². The molecule has 1 heterocycles. The number of carbonyl (C=O) groups is 1. The molecule has 0 radical (unpaired) electrons. The van der Waals surface area contributed by atoms with Crippen LogP contribution in [0.4, 0.5) is 5.69 Å². The Labute approximate surface area is 112 Å². The number of para-hydroxylation sites is 1. The van der Waals surface area contributed by atoms with Gasteiger partial charge in [0.25, 0.3) is 5.91 Å². The second-order valence-corrected chi connectivity index (χ2v) is 4.57. The molecule has 0 spiro atoms. The van der Waals surface area contributed by atoms with E-state index in [2.05, 4.69) is 0 Å². The minimum Gasteiger partial charge on any atom is -0.371 e. The molecule has 1 saturated heterocycles. The average molecular weight is 253 g/mol. The number of epoxide rings is 1. The molecule has 1 unspecified atom stereocenters. The molecule has 1 aliphatic rings. The number of anilines is 1. The summed E-state index contributed by atoms with van der Waals surface area (Å²) in [5.74, 6) is 0.0160. The molecule has 0 bridgehead atoms. The Kier molecular flexibility index (Phi) is 3.29. The van der Waals surface area contributed by atoms with E-state index < -0.39 is 0 Å². The van der Waals surface area contributed by atoms with E-state index in [0.717, 1.165) is 12.3 Å². The van der Waals surface area contributed by atoms with Crippen molar-refractivity contribution in [3.05, 3.63) is 66.2 Å². The highest BCUT2D eigenvalue weighted by atomic mass is 16.6. The normalized spacial score (nSPS) is 16.9. The van der Waals surface area contributed by atoms with Gasteiger partial charge in [0.1, 0.15) is 0 Å². The van der Waals surface area contributed by atoms with Crippen molar-refractivity contribution in [2.45, 2.75) is 6.10 Å². The van der Waals surface area contributed by atoms with Crippen molar-refractivity contribution in [3.8, 4) is 0 Å². The SMILES string of the molecule is O=C(c1ccccc1)N(CC1CO1)c1ccccc1. The summed E-state index contributed by atoms with van der Waals surface area (Å²) in [6.07, 6.45) is 0.174. The molecule has 1 aliphatic heterocycles. The minimum absolute atomic E-state index is 0.0160. The van der Waals surface area contributed by atoms with Gasteiger partial charge < -0.3 is 9.64 Å². The fourth-order valence-corrected chi connectivity index (χ4v) is 2.03. The van der Waals surface area contributed by atoms with Crippen molar-refractivity contribution in [1.82, 2.24) is 0 Å². The summed E-state index contributed by atoms with van der Waals surface area (Å²) in [7, 11) is 0. The second-order valence-electron chi connectivity index (χ2n) is 4.57. The van der Waals surface area contributed by atoms with Gasteiger partial charge in [0.2, 0.25) is 0 Å². The van der Waals surface area contributed by atoms with Crippen LogP contribution in [0.2, 0.25) is 0 Å². The van der Waals surface area contributed by atoms with Crippen LogP contribution in [-0.4, -0.2) is 25.2 Å². The molecule has 0 N–H and O–H groups in total. The molecule has 19 heavy (non-hydrogen) atoms. The number of carbonyl (C=O) groups excluding carboxylic acids is 1. The van der Waals surface area contributed by atoms with Crippen LogP contribution in [-0.2, 0) is 4.74 Å². The van der Waals surface area contributed by atoms with Crippen molar-refractivity contribution < 1.29 is 9.53 Å².